The van der Waals surface area contributed by atoms with Crippen LogP contribution < -0.4 is 16.0 Å². The summed E-state index contributed by atoms with van der Waals surface area (Å²) < 4.78 is 0. The Hall–Kier alpha value is -2.99. The van der Waals surface area contributed by atoms with Crippen LogP contribution in [0.25, 0.3) is 0 Å². The van der Waals surface area contributed by atoms with Crippen molar-refractivity contribution in [1.29, 1.82) is 0 Å². The highest BCUT2D eigenvalue weighted by Crippen LogP contribution is 2.38. The van der Waals surface area contributed by atoms with Gasteiger partial charge in [0.25, 0.3) is 0 Å². The van der Waals surface area contributed by atoms with Gasteiger partial charge in [0.2, 0.25) is 5.95 Å². The average molecular weight is 401 g/mol. The molecule has 30 heavy (non-hydrogen) atoms. The monoisotopic (exact) mass is 400 g/mol. The van der Waals surface area contributed by atoms with Gasteiger partial charge in [-0.05, 0) is 63.3 Å². The Morgan fingerprint density at radius 2 is 1.63 bits per heavy atom. The van der Waals surface area contributed by atoms with Crippen molar-refractivity contribution in [1.82, 2.24) is 20.3 Å². The maximum atomic E-state index is 4.84. The first-order chi connectivity index (χ1) is 14.6. The lowest BCUT2D eigenvalue weighted by Crippen LogP contribution is -2.37. The number of aromatic nitrogens is 3. The molecule has 2 aliphatic rings. The lowest BCUT2D eigenvalue weighted by atomic mass is 9.87. The van der Waals surface area contributed by atoms with Crippen LogP contribution in [0.4, 0.5) is 23.1 Å². The Morgan fingerprint density at radius 3 is 2.37 bits per heavy atom. The van der Waals surface area contributed by atoms with Crippen LogP contribution in [0.3, 0.4) is 0 Å². The van der Waals surface area contributed by atoms with Crippen molar-refractivity contribution in [2.75, 3.05) is 10.6 Å². The summed E-state index contributed by atoms with van der Waals surface area (Å²) in [6.45, 7) is 4.16. The standard InChI is InChI=1S/C24H28N6/c1-15-10-21(14-25-22(15)17-11-19-8-9-20(12-17)27-19)29-24-26-13-16(2)23(30-24)28-18-6-4-3-5-7-18/h3-7,10,13-14,17,19-20,27H,8-9,11-12H2,1-2H3,(H2,26,28,29,30). The van der Waals surface area contributed by atoms with Crippen molar-refractivity contribution in [3.05, 3.63) is 65.6 Å². The van der Waals surface area contributed by atoms with Gasteiger partial charge in [-0.25, -0.2) is 4.98 Å². The molecule has 0 spiro atoms. The van der Waals surface area contributed by atoms with Crippen LogP contribution in [0.5, 0.6) is 0 Å². The van der Waals surface area contributed by atoms with Crippen molar-refractivity contribution in [2.24, 2.45) is 0 Å². The predicted octanol–water partition coefficient (Wildman–Crippen LogP) is 4.97. The Morgan fingerprint density at radius 1 is 0.867 bits per heavy atom. The van der Waals surface area contributed by atoms with Crippen LogP contribution in [-0.2, 0) is 0 Å². The summed E-state index contributed by atoms with van der Waals surface area (Å²) in [6.07, 6.45) is 8.77. The molecule has 6 heteroatoms. The number of piperidine rings is 1. The van der Waals surface area contributed by atoms with Crippen LogP contribution in [-0.4, -0.2) is 27.0 Å². The van der Waals surface area contributed by atoms with Gasteiger partial charge in [-0.3, -0.25) is 4.98 Å². The Balaban J connectivity index is 1.32. The molecule has 3 aromatic rings. The molecule has 2 saturated heterocycles. The maximum absolute atomic E-state index is 4.84. The lowest BCUT2D eigenvalue weighted by Gasteiger charge is -2.29. The van der Waals surface area contributed by atoms with Crippen LogP contribution >= 0.6 is 0 Å². The van der Waals surface area contributed by atoms with Crippen molar-refractivity contribution < 1.29 is 0 Å². The Kier molecular flexibility index (Phi) is 5.09. The van der Waals surface area contributed by atoms with Gasteiger partial charge in [-0.15, -0.1) is 0 Å². The van der Waals surface area contributed by atoms with E-state index in [-0.39, 0.29) is 0 Å². The fourth-order valence-corrected chi connectivity index (χ4v) is 4.78. The fraction of sp³-hybridized carbons (Fsp3) is 0.375. The minimum Gasteiger partial charge on any atom is -0.340 e. The van der Waals surface area contributed by atoms with E-state index >= 15 is 0 Å². The number of nitrogens with zero attached hydrogens (tertiary/aromatic N) is 3. The van der Waals surface area contributed by atoms with Gasteiger partial charge in [0, 0.05) is 41.1 Å². The summed E-state index contributed by atoms with van der Waals surface area (Å²) in [5.41, 5.74) is 5.40. The zero-order valence-electron chi connectivity index (χ0n) is 17.5. The molecule has 0 saturated carbocycles. The molecule has 0 amide bonds. The van der Waals surface area contributed by atoms with E-state index in [4.69, 9.17) is 4.98 Å². The quantitative estimate of drug-likeness (QED) is 0.561. The van der Waals surface area contributed by atoms with Crippen LogP contribution in [0, 0.1) is 13.8 Å². The molecule has 6 nitrogen and oxygen atoms in total. The van der Waals surface area contributed by atoms with Crippen molar-refractivity contribution in [3.63, 3.8) is 0 Å². The van der Waals surface area contributed by atoms with E-state index in [0.29, 0.717) is 23.9 Å². The molecule has 4 heterocycles. The molecule has 154 valence electrons. The smallest absolute Gasteiger partial charge is 0.229 e. The van der Waals surface area contributed by atoms with Gasteiger partial charge in [0.05, 0.1) is 11.9 Å². The summed E-state index contributed by atoms with van der Waals surface area (Å²) in [5, 5.41) is 10.4. The second kappa shape index (κ2) is 8.03. The summed E-state index contributed by atoms with van der Waals surface area (Å²) in [5.74, 6) is 1.92. The zero-order chi connectivity index (χ0) is 20.5. The molecular weight excluding hydrogens is 372 g/mol. The lowest BCUT2D eigenvalue weighted by molar-refractivity contribution is 0.358. The largest absolute Gasteiger partial charge is 0.340 e. The second-order valence-corrected chi connectivity index (χ2v) is 8.57. The van der Waals surface area contributed by atoms with E-state index in [1.807, 2.05) is 49.6 Å². The zero-order valence-corrected chi connectivity index (χ0v) is 17.5. The third-order valence-corrected chi connectivity index (χ3v) is 6.24. The maximum Gasteiger partial charge on any atom is 0.229 e. The SMILES string of the molecule is Cc1cnc(Nc2cnc(C3CC4CCC(C3)N4)c(C)c2)nc1Nc1ccccc1. The second-order valence-electron chi connectivity index (χ2n) is 8.57. The summed E-state index contributed by atoms with van der Waals surface area (Å²) in [4.78, 5) is 14.0. The first-order valence-electron chi connectivity index (χ1n) is 10.8. The van der Waals surface area contributed by atoms with Crippen molar-refractivity contribution >= 4 is 23.1 Å². The van der Waals surface area contributed by atoms with E-state index in [9.17, 15) is 0 Å². The number of benzene rings is 1. The number of nitrogens with one attached hydrogen (secondary N) is 3. The number of hydrogen-bond donors (Lipinski definition) is 3. The molecule has 2 aromatic heterocycles. The predicted molar refractivity (Wildman–Crippen MR) is 121 cm³/mol. The van der Waals surface area contributed by atoms with E-state index in [2.05, 4.69) is 38.9 Å². The van der Waals surface area contributed by atoms with E-state index < -0.39 is 0 Å². The number of hydrogen-bond acceptors (Lipinski definition) is 6. The first-order valence-corrected chi connectivity index (χ1v) is 10.8. The number of pyridine rings is 1. The molecule has 0 radical (unpaired) electrons. The molecule has 2 bridgehead atoms. The molecule has 2 unspecified atom stereocenters. The molecule has 0 aliphatic carbocycles. The highest BCUT2D eigenvalue weighted by molar-refractivity contribution is 5.62. The molecular formula is C24H28N6. The van der Waals surface area contributed by atoms with Crippen molar-refractivity contribution in [2.45, 2.75) is 57.5 Å². The average Bonchev–Trinajstić information content (AvgIpc) is 3.09. The van der Waals surface area contributed by atoms with E-state index in [0.717, 1.165) is 22.8 Å². The van der Waals surface area contributed by atoms with Gasteiger partial charge < -0.3 is 16.0 Å². The number of aryl methyl sites for hydroxylation is 2. The minimum atomic E-state index is 0.563. The minimum absolute atomic E-state index is 0.563. The third kappa shape index (κ3) is 4.00. The Labute approximate surface area is 177 Å². The van der Waals surface area contributed by atoms with E-state index in [1.165, 1.54) is 36.9 Å². The Bertz CT molecular complexity index is 1020. The third-order valence-electron chi connectivity index (χ3n) is 6.24. The molecule has 1 aromatic carbocycles. The summed E-state index contributed by atoms with van der Waals surface area (Å²) in [7, 11) is 0. The van der Waals surface area contributed by atoms with Gasteiger partial charge in [0.1, 0.15) is 5.82 Å². The number of fused-ring (bicyclic) bond motifs is 2. The summed E-state index contributed by atoms with van der Waals surface area (Å²) >= 11 is 0. The van der Waals surface area contributed by atoms with Gasteiger partial charge >= 0.3 is 0 Å². The van der Waals surface area contributed by atoms with Gasteiger partial charge in [-0.2, -0.15) is 4.98 Å². The molecule has 2 atom stereocenters. The van der Waals surface area contributed by atoms with Gasteiger partial charge in [0.15, 0.2) is 0 Å². The van der Waals surface area contributed by atoms with Crippen molar-refractivity contribution in [3.8, 4) is 0 Å². The van der Waals surface area contributed by atoms with Crippen LogP contribution in [0.2, 0.25) is 0 Å². The first kappa shape index (κ1) is 19.0. The molecule has 3 N–H and O–H groups in total. The van der Waals surface area contributed by atoms with Gasteiger partial charge in [-0.1, -0.05) is 18.2 Å². The number of anilines is 4. The number of para-hydroxylation sites is 1. The number of rotatable bonds is 5. The molecule has 2 aliphatic heterocycles. The summed E-state index contributed by atoms with van der Waals surface area (Å²) in [6, 6.07) is 13.6. The fourth-order valence-electron chi connectivity index (χ4n) is 4.78. The highest BCUT2D eigenvalue weighted by atomic mass is 15.1. The molecule has 5 rings (SSSR count). The highest BCUT2D eigenvalue weighted by Gasteiger charge is 2.35. The molecule has 2 fully saturated rings. The topological polar surface area (TPSA) is 74.8 Å². The normalized spacial score (nSPS) is 22.7. The van der Waals surface area contributed by atoms with Crippen LogP contribution in [0.15, 0.2) is 48.8 Å². The van der Waals surface area contributed by atoms with E-state index in [1.54, 1.807) is 0 Å². The van der Waals surface area contributed by atoms with Crippen LogP contribution in [0.1, 0.15) is 48.4 Å².